The minimum Gasteiger partial charge on any atom is -0.444 e. The van der Waals surface area contributed by atoms with Crippen molar-refractivity contribution >= 4 is 23.4 Å². The van der Waals surface area contributed by atoms with Crippen molar-refractivity contribution < 1.29 is 14.3 Å². The molecule has 0 spiro atoms. The highest BCUT2D eigenvalue weighted by atomic mass is 16.6. The molecule has 3 rings (SSSR count). The van der Waals surface area contributed by atoms with Gasteiger partial charge in [-0.1, -0.05) is 6.07 Å². The first-order valence-corrected chi connectivity index (χ1v) is 8.58. The van der Waals surface area contributed by atoms with Crippen LogP contribution in [0.2, 0.25) is 0 Å². The van der Waals surface area contributed by atoms with Crippen LogP contribution < -0.4 is 10.2 Å². The monoisotopic (exact) mass is 353 g/mol. The van der Waals surface area contributed by atoms with Crippen molar-refractivity contribution in [2.75, 3.05) is 17.3 Å². The summed E-state index contributed by atoms with van der Waals surface area (Å²) in [5.41, 5.74) is 3.97. The number of ether oxygens (including phenoxy) is 1. The average molecular weight is 353 g/mol. The van der Waals surface area contributed by atoms with Crippen LogP contribution in [-0.4, -0.2) is 29.6 Å². The molecular formula is C20H23N3O3. The summed E-state index contributed by atoms with van der Waals surface area (Å²) in [4.78, 5) is 29.7. The molecule has 1 aliphatic heterocycles. The lowest BCUT2D eigenvalue weighted by Gasteiger charge is -2.26. The molecule has 0 saturated carbocycles. The third kappa shape index (κ3) is 4.02. The molecule has 0 fully saturated rings. The summed E-state index contributed by atoms with van der Waals surface area (Å²) in [6.45, 7) is 5.45. The fraction of sp³-hybridized carbons (Fsp3) is 0.350. The Morgan fingerprint density at radius 2 is 1.92 bits per heavy atom. The number of fused-ring (bicyclic) bond motifs is 1. The first-order valence-electron chi connectivity index (χ1n) is 8.58. The highest BCUT2D eigenvalue weighted by Gasteiger charge is 2.21. The third-order valence-corrected chi connectivity index (χ3v) is 4.14. The first kappa shape index (κ1) is 17.9. The average Bonchev–Trinajstić information content (AvgIpc) is 2.56. The van der Waals surface area contributed by atoms with Gasteiger partial charge < -0.3 is 9.64 Å². The van der Waals surface area contributed by atoms with Gasteiger partial charge in [-0.05, 0) is 56.5 Å². The van der Waals surface area contributed by atoms with Gasteiger partial charge >= 0.3 is 6.09 Å². The van der Waals surface area contributed by atoms with E-state index >= 15 is 0 Å². The predicted octanol–water partition coefficient (Wildman–Crippen LogP) is 4.00. The highest BCUT2D eigenvalue weighted by molar-refractivity contribution is 5.96. The largest absolute Gasteiger partial charge is 0.444 e. The fourth-order valence-electron chi connectivity index (χ4n) is 2.92. The molecule has 6 heteroatoms. The lowest BCUT2D eigenvalue weighted by molar-refractivity contribution is -0.118. The molecule has 26 heavy (non-hydrogen) atoms. The molecule has 6 nitrogen and oxygen atoms in total. The predicted molar refractivity (Wildman–Crippen MR) is 101 cm³/mol. The van der Waals surface area contributed by atoms with E-state index in [2.05, 4.69) is 16.4 Å². The Morgan fingerprint density at radius 1 is 1.15 bits per heavy atom. The lowest BCUT2D eigenvalue weighted by Crippen LogP contribution is -2.30. The number of aromatic nitrogens is 1. The van der Waals surface area contributed by atoms with Crippen LogP contribution in [-0.2, 0) is 16.0 Å². The van der Waals surface area contributed by atoms with Crippen molar-refractivity contribution in [1.29, 1.82) is 0 Å². The number of nitrogens with one attached hydrogen (secondary N) is 1. The second-order valence-electron chi connectivity index (χ2n) is 7.39. The molecule has 0 aliphatic carbocycles. The number of rotatable bonds is 2. The van der Waals surface area contributed by atoms with Gasteiger partial charge in [-0.2, -0.15) is 0 Å². The summed E-state index contributed by atoms with van der Waals surface area (Å²) in [7, 11) is 1.80. The Morgan fingerprint density at radius 3 is 2.65 bits per heavy atom. The number of carbonyl (C=O) groups excluding carboxylic acids is 2. The molecule has 1 aromatic heterocycles. The third-order valence-electron chi connectivity index (χ3n) is 4.14. The molecular weight excluding hydrogens is 330 g/mol. The zero-order chi connectivity index (χ0) is 18.9. The molecule has 2 aromatic rings. The van der Waals surface area contributed by atoms with E-state index < -0.39 is 11.7 Å². The highest BCUT2D eigenvalue weighted by Crippen LogP contribution is 2.31. The van der Waals surface area contributed by atoms with E-state index in [0.29, 0.717) is 12.1 Å². The van der Waals surface area contributed by atoms with E-state index in [-0.39, 0.29) is 5.91 Å². The number of amides is 2. The molecule has 1 aromatic carbocycles. The minimum atomic E-state index is -0.558. The number of nitrogens with zero attached hydrogens (tertiary/aromatic N) is 2. The lowest BCUT2D eigenvalue weighted by atomic mass is 9.96. The standard InChI is InChI=1S/C20H23N3O3/c1-20(2,3)26-19(25)22-16-10-15(11-21-12-16)13-5-7-17-14(9-13)6-8-18(24)23(17)4/h5,7,9-12H,6,8H2,1-4H3,(H,22,25). The van der Waals surface area contributed by atoms with Gasteiger partial charge in [0, 0.05) is 30.9 Å². The van der Waals surface area contributed by atoms with Crippen molar-refractivity contribution in [3.8, 4) is 11.1 Å². The van der Waals surface area contributed by atoms with Gasteiger partial charge in [0.15, 0.2) is 0 Å². The summed E-state index contributed by atoms with van der Waals surface area (Å²) < 4.78 is 5.27. The normalized spacial score (nSPS) is 14.0. The Kier molecular flexibility index (Phi) is 4.68. The van der Waals surface area contributed by atoms with Crippen LogP contribution in [0.25, 0.3) is 11.1 Å². The van der Waals surface area contributed by atoms with E-state index in [1.54, 1.807) is 24.3 Å². The maximum absolute atomic E-state index is 11.9. The van der Waals surface area contributed by atoms with Crippen molar-refractivity contribution in [1.82, 2.24) is 4.98 Å². The van der Waals surface area contributed by atoms with Crippen LogP contribution in [0.15, 0.2) is 36.7 Å². The number of carbonyl (C=O) groups is 2. The maximum Gasteiger partial charge on any atom is 0.412 e. The number of aryl methyl sites for hydroxylation is 1. The molecule has 1 N–H and O–H groups in total. The van der Waals surface area contributed by atoms with Gasteiger partial charge in [-0.15, -0.1) is 0 Å². The molecule has 0 unspecified atom stereocenters. The Hall–Kier alpha value is -2.89. The van der Waals surface area contributed by atoms with Crippen molar-refractivity contribution in [2.24, 2.45) is 0 Å². The Bertz CT molecular complexity index is 856. The summed E-state index contributed by atoms with van der Waals surface area (Å²) in [5, 5.41) is 2.71. The van der Waals surface area contributed by atoms with Crippen LogP contribution in [0.3, 0.4) is 0 Å². The molecule has 136 valence electrons. The number of hydrogen-bond acceptors (Lipinski definition) is 4. The van der Waals surface area contributed by atoms with Crippen LogP contribution in [0.1, 0.15) is 32.8 Å². The number of hydrogen-bond donors (Lipinski definition) is 1. The SMILES string of the molecule is CN1C(=O)CCc2cc(-c3cncc(NC(=O)OC(C)(C)C)c3)ccc21. The van der Waals surface area contributed by atoms with Gasteiger partial charge in [-0.25, -0.2) is 4.79 Å². The second kappa shape index (κ2) is 6.78. The molecule has 2 amide bonds. The van der Waals surface area contributed by atoms with E-state index in [0.717, 1.165) is 28.8 Å². The summed E-state index contributed by atoms with van der Waals surface area (Å²) in [6, 6.07) is 7.85. The summed E-state index contributed by atoms with van der Waals surface area (Å²) >= 11 is 0. The molecule has 1 aliphatic rings. The van der Waals surface area contributed by atoms with Crippen LogP contribution in [0.4, 0.5) is 16.2 Å². The maximum atomic E-state index is 11.9. The van der Waals surface area contributed by atoms with Gasteiger partial charge in [0.25, 0.3) is 0 Å². The minimum absolute atomic E-state index is 0.135. The van der Waals surface area contributed by atoms with Crippen molar-refractivity contribution in [3.05, 3.63) is 42.2 Å². The quantitative estimate of drug-likeness (QED) is 0.886. The van der Waals surface area contributed by atoms with Gasteiger partial charge in [0.2, 0.25) is 5.91 Å². The molecule has 2 heterocycles. The van der Waals surface area contributed by atoms with Gasteiger partial charge in [0.05, 0.1) is 11.9 Å². The van der Waals surface area contributed by atoms with E-state index in [1.807, 2.05) is 39.0 Å². The number of anilines is 2. The molecule has 0 atom stereocenters. The molecule has 0 saturated heterocycles. The Balaban J connectivity index is 1.82. The summed E-state index contributed by atoms with van der Waals surface area (Å²) in [5.74, 6) is 0.135. The molecule has 0 radical (unpaired) electrons. The van der Waals surface area contributed by atoms with Gasteiger partial charge in [-0.3, -0.25) is 15.1 Å². The zero-order valence-corrected chi connectivity index (χ0v) is 15.5. The van der Waals surface area contributed by atoms with Gasteiger partial charge in [0.1, 0.15) is 5.60 Å². The Labute approximate surface area is 153 Å². The van der Waals surface area contributed by atoms with Crippen LogP contribution >= 0.6 is 0 Å². The van der Waals surface area contributed by atoms with Crippen molar-refractivity contribution in [2.45, 2.75) is 39.2 Å². The first-order chi connectivity index (χ1) is 12.2. The smallest absolute Gasteiger partial charge is 0.412 e. The summed E-state index contributed by atoms with van der Waals surface area (Å²) in [6.07, 6.45) is 4.07. The second-order valence-corrected chi connectivity index (χ2v) is 7.39. The number of benzene rings is 1. The van der Waals surface area contributed by atoms with E-state index in [9.17, 15) is 9.59 Å². The van der Waals surface area contributed by atoms with Crippen LogP contribution in [0, 0.1) is 0 Å². The zero-order valence-electron chi connectivity index (χ0n) is 15.5. The van der Waals surface area contributed by atoms with Crippen molar-refractivity contribution in [3.63, 3.8) is 0 Å². The van der Waals surface area contributed by atoms with Crippen LogP contribution in [0.5, 0.6) is 0 Å². The van der Waals surface area contributed by atoms with E-state index in [4.69, 9.17) is 4.74 Å². The fourth-order valence-corrected chi connectivity index (χ4v) is 2.92. The molecule has 0 bridgehead atoms. The number of pyridine rings is 1. The van der Waals surface area contributed by atoms with E-state index in [1.165, 1.54) is 0 Å². The topological polar surface area (TPSA) is 71.5 Å².